The number of likely N-dealkylation sites (tertiary alicyclic amines) is 1. The summed E-state index contributed by atoms with van der Waals surface area (Å²) in [6, 6.07) is 9.65. The Labute approximate surface area is 160 Å². The van der Waals surface area contributed by atoms with Gasteiger partial charge in [0.25, 0.3) is 0 Å². The summed E-state index contributed by atoms with van der Waals surface area (Å²) in [5.74, 6) is -0.575. The normalized spacial score (nSPS) is 16.2. The summed E-state index contributed by atoms with van der Waals surface area (Å²) in [7, 11) is 0. The van der Waals surface area contributed by atoms with Crippen LogP contribution in [0.15, 0.2) is 54.3 Å². The smallest absolute Gasteiger partial charge is 0.303 e. The number of benzene rings is 1. The third kappa shape index (κ3) is 7.60. The van der Waals surface area contributed by atoms with E-state index >= 15 is 0 Å². The number of carboxylic acid groups (broad SMARTS) is 1. The Morgan fingerprint density at radius 2 is 1.89 bits per heavy atom. The molecule has 1 saturated heterocycles. The van der Waals surface area contributed by atoms with Crippen molar-refractivity contribution < 1.29 is 19.5 Å². The minimum atomic E-state index is -0.792. The van der Waals surface area contributed by atoms with Crippen LogP contribution in [0.5, 0.6) is 0 Å². The van der Waals surface area contributed by atoms with Crippen LogP contribution in [0.4, 0.5) is 0 Å². The van der Waals surface area contributed by atoms with Crippen molar-refractivity contribution in [2.75, 3.05) is 6.54 Å². The van der Waals surface area contributed by atoms with Crippen LogP contribution in [0.3, 0.4) is 0 Å². The molecule has 27 heavy (non-hydrogen) atoms. The van der Waals surface area contributed by atoms with Gasteiger partial charge in [-0.2, -0.15) is 0 Å². The number of ketones is 1. The van der Waals surface area contributed by atoms with Crippen LogP contribution in [0, 0.1) is 0 Å². The lowest BCUT2D eigenvalue weighted by molar-refractivity contribution is -0.137. The molecule has 5 heteroatoms. The molecule has 1 fully saturated rings. The average molecular weight is 369 g/mol. The third-order valence-corrected chi connectivity index (χ3v) is 4.50. The van der Waals surface area contributed by atoms with Crippen molar-refractivity contribution in [2.45, 2.75) is 51.4 Å². The zero-order valence-corrected chi connectivity index (χ0v) is 15.6. The predicted molar refractivity (Wildman–Crippen MR) is 104 cm³/mol. The van der Waals surface area contributed by atoms with Crippen LogP contribution in [0.2, 0.25) is 0 Å². The molecule has 1 aliphatic heterocycles. The molecule has 5 nitrogen and oxygen atoms in total. The number of aliphatic carboxylic acids is 1. The number of carboxylic acids is 1. The number of amides is 1. The van der Waals surface area contributed by atoms with Gasteiger partial charge in [-0.05, 0) is 31.2 Å². The molecule has 0 unspecified atom stereocenters. The SMILES string of the molecule is O=C(O)CCC/C=C\CN1C(=O)CCCC1=CCC(=O)Cc1ccccc1. The van der Waals surface area contributed by atoms with E-state index in [-0.39, 0.29) is 18.1 Å². The molecule has 0 aliphatic carbocycles. The van der Waals surface area contributed by atoms with E-state index in [2.05, 4.69) is 0 Å². The van der Waals surface area contributed by atoms with E-state index in [1.807, 2.05) is 48.6 Å². The van der Waals surface area contributed by atoms with Crippen LogP contribution < -0.4 is 0 Å². The Balaban J connectivity index is 1.87. The summed E-state index contributed by atoms with van der Waals surface area (Å²) in [6.45, 7) is 0.477. The van der Waals surface area contributed by atoms with Gasteiger partial charge >= 0.3 is 5.97 Å². The van der Waals surface area contributed by atoms with Crippen molar-refractivity contribution in [1.82, 2.24) is 4.90 Å². The number of unbranched alkanes of at least 4 members (excludes halogenated alkanes) is 1. The molecule has 1 N–H and O–H groups in total. The number of carbonyl (C=O) groups excluding carboxylic acids is 2. The first-order chi connectivity index (χ1) is 13.1. The fourth-order valence-electron chi connectivity index (χ4n) is 3.08. The fourth-order valence-corrected chi connectivity index (χ4v) is 3.08. The Hall–Kier alpha value is -2.69. The highest BCUT2D eigenvalue weighted by Crippen LogP contribution is 2.22. The number of nitrogens with zero attached hydrogens (tertiary/aromatic N) is 1. The first-order valence-corrected chi connectivity index (χ1v) is 9.48. The van der Waals surface area contributed by atoms with Crippen LogP contribution in [-0.2, 0) is 20.8 Å². The molecule has 144 valence electrons. The van der Waals surface area contributed by atoms with Gasteiger partial charge in [-0.3, -0.25) is 14.4 Å². The summed E-state index contributed by atoms with van der Waals surface area (Å²) >= 11 is 0. The molecular weight excluding hydrogens is 342 g/mol. The van der Waals surface area contributed by atoms with E-state index in [0.717, 1.165) is 24.1 Å². The highest BCUT2D eigenvalue weighted by Gasteiger charge is 2.21. The highest BCUT2D eigenvalue weighted by molar-refractivity contribution is 5.83. The van der Waals surface area contributed by atoms with Crippen molar-refractivity contribution in [2.24, 2.45) is 0 Å². The second-order valence-electron chi connectivity index (χ2n) is 6.72. The largest absolute Gasteiger partial charge is 0.481 e. The molecular formula is C22H27NO4. The summed E-state index contributed by atoms with van der Waals surface area (Å²) < 4.78 is 0. The van der Waals surface area contributed by atoms with E-state index in [9.17, 15) is 14.4 Å². The van der Waals surface area contributed by atoms with Gasteiger partial charge in [0.05, 0.1) is 0 Å². The number of rotatable bonds is 10. The Morgan fingerprint density at radius 1 is 1.11 bits per heavy atom. The minimum Gasteiger partial charge on any atom is -0.481 e. The monoisotopic (exact) mass is 369 g/mol. The minimum absolute atomic E-state index is 0.0817. The standard InChI is InChI=1S/C22H27NO4/c24-20(17-18-9-4-3-5-10-18)15-14-19-11-8-12-21(25)23(19)16-7-2-1-6-13-22(26)27/h2-5,7,9-10,14H,1,6,8,11-13,15-17H2,(H,26,27)/b7-2-,19-14?. The maximum Gasteiger partial charge on any atom is 0.303 e. The number of piperidine rings is 1. The van der Waals surface area contributed by atoms with Gasteiger partial charge in [0, 0.05) is 37.9 Å². The van der Waals surface area contributed by atoms with E-state index < -0.39 is 5.97 Å². The third-order valence-electron chi connectivity index (χ3n) is 4.50. The maximum absolute atomic E-state index is 12.2. The molecule has 0 radical (unpaired) electrons. The molecule has 1 heterocycles. The Bertz CT molecular complexity index is 706. The summed E-state index contributed by atoms with van der Waals surface area (Å²) in [4.78, 5) is 36.7. The quantitative estimate of drug-likeness (QED) is 0.501. The average Bonchev–Trinajstić information content (AvgIpc) is 2.65. The van der Waals surface area contributed by atoms with Gasteiger partial charge in [0.1, 0.15) is 5.78 Å². The van der Waals surface area contributed by atoms with E-state index in [4.69, 9.17) is 5.11 Å². The Morgan fingerprint density at radius 3 is 2.63 bits per heavy atom. The van der Waals surface area contributed by atoms with Gasteiger partial charge < -0.3 is 10.0 Å². The summed E-state index contributed by atoms with van der Waals surface area (Å²) in [5, 5.41) is 8.63. The molecule has 0 saturated carbocycles. The number of Topliss-reactive ketones (excluding diaryl/α,β-unsaturated/α-hetero) is 1. The van der Waals surface area contributed by atoms with Crippen molar-refractivity contribution in [3.63, 3.8) is 0 Å². The van der Waals surface area contributed by atoms with Gasteiger partial charge in [0.2, 0.25) is 5.91 Å². The lowest BCUT2D eigenvalue weighted by atomic mass is 10.0. The zero-order valence-electron chi connectivity index (χ0n) is 15.6. The molecule has 1 aliphatic rings. The molecule has 2 rings (SSSR count). The Kier molecular flexibility index (Phi) is 8.49. The fraction of sp³-hybridized carbons (Fsp3) is 0.409. The van der Waals surface area contributed by atoms with Crippen LogP contribution in [-0.4, -0.2) is 34.2 Å². The summed E-state index contributed by atoms with van der Waals surface area (Å²) in [6.07, 6.45) is 10.0. The lowest BCUT2D eigenvalue weighted by Gasteiger charge is -2.29. The first kappa shape index (κ1) is 20.6. The van der Waals surface area contributed by atoms with E-state index in [0.29, 0.717) is 38.6 Å². The van der Waals surface area contributed by atoms with Gasteiger partial charge in [-0.25, -0.2) is 0 Å². The van der Waals surface area contributed by atoms with Gasteiger partial charge in [0.15, 0.2) is 0 Å². The predicted octanol–water partition coefficient (Wildman–Crippen LogP) is 3.90. The molecule has 0 bridgehead atoms. The van der Waals surface area contributed by atoms with Crippen molar-refractivity contribution >= 4 is 17.7 Å². The lowest BCUT2D eigenvalue weighted by Crippen LogP contribution is -2.33. The molecule has 1 amide bonds. The molecule has 0 aromatic heterocycles. The second-order valence-corrected chi connectivity index (χ2v) is 6.72. The zero-order chi connectivity index (χ0) is 19.5. The van der Waals surface area contributed by atoms with Crippen LogP contribution in [0.1, 0.15) is 50.5 Å². The van der Waals surface area contributed by atoms with Crippen LogP contribution >= 0.6 is 0 Å². The van der Waals surface area contributed by atoms with Crippen molar-refractivity contribution in [3.05, 3.63) is 59.8 Å². The number of allylic oxidation sites excluding steroid dienone is 3. The summed E-state index contributed by atoms with van der Waals surface area (Å²) in [5.41, 5.74) is 1.92. The van der Waals surface area contributed by atoms with Gasteiger partial charge in [-0.1, -0.05) is 48.6 Å². The van der Waals surface area contributed by atoms with Gasteiger partial charge in [-0.15, -0.1) is 0 Å². The number of carbonyl (C=O) groups is 3. The van der Waals surface area contributed by atoms with E-state index in [1.165, 1.54) is 0 Å². The number of hydrogen-bond donors (Lipinski definition) is 1. The molecule has 0 spiro atoms. The van der Waals surface area contributed by atoms with Crippen molar-refractivity contribution in [3.8, 4) is 0 Å². The molecule has 1 aromatic rings. The van der Waals surface area contributed by atoms with Crippen molar-refractivity contribution in [1.29, 1.82) is 0 Å². The van der Waals surface area contributed by atoms with Crippen LogP contribution in [0.25, 0.3) is 0 Å². The number of hydrogen-bond acceptors (Lipinski definition) is 3. The molecule has 0 atom stereocenters. The topological polar surface area (TPSA) is 74.7 Å². The first-order valence-electron chi connectivity index (χ1n) is 9.48. The van der Waals surface area contributed by atoms with E-state index in [1.54, 1.807) is 4.90 Å². The highest BCUT2D eigenvalue weighted by atomic mass is 16.4. The maximum atomic E-state index is 12.2. The molecule has 1 aromatic carbocycles. The second kappa shape index (κ2) is 11.1.